The minimum absolute atomic E-state index is 0.107. The number of alkyl carbamates (subject to hydrolysis) is 1. The summed E-state index contributed by atoms with van der Waals surface area (Å²) in [6.07, 6.45) is -0.225. The van der Waals surface area contributed by atoms with Gasteiger partial charge in [0.05, 0.1) is 0 Å². The fourth-order valence-corrected chi connectivity index (χ4v) is 2.52. The zero-order chi connectivity index (χ0) is 21.2. The van der Waals surface area contributed by atoms with Gasteiger partial charge in [0.2, 0.25) is 0 Å². The SMILES string of the molecule is CC(CNC(=O)OC(C)(C)C)CC(OC(=O)CCCc1ccccc1)C(=O)O. The second-order valence-electron chi connectivity index (χ2n) is 7.88. The molecule has 0 aliphatic carbocycles. The first-order valence-corrected chi connectivity index (χ1v) is 9.50. The Morgan fingerprint density at radius 2 is 1.79 bits per heavy atom. The lowest BCUT2D eigenvalue weighted by atomic mass is 10.0. The number of nitrogens with one attached hydrogen (secondary N) is 1. The molecule has 0 saturated carbocycles. The van der Waals surface area contributed by atoms with Gasteiger partial charge in [0.25, 0.3) is 0 Å². The predicted molar refractivity (Wildman–Crippen MR) is 105 cm³/mol. The van der Waals surface area contributed by atoms with Crippen molar-refractivity contribution >= 4 is 18.0 Å². The van der Waals surface area contributed by atoms with E-state index >= 15 is 0 Å². The second-order valence-corrected chi connectivity index (χ2v) is 7.88. The molecule has 1 rings (SSSR count). The van der Waals surface area contributed by atoms with Gasteiger partial charge in [-0.2, -0.15) is 0 Å². The number of carboxylic acids is 1. The average Bonchev–Trinajstić information content (AvgIpc) is 2.59. The highest BCUT2D eigenvalue weighted by Crippen LogP contribution is 2.13. The first-order chi connectivity index (χ1) is 13.1. The van der Waals surface area contributed by atoms with Crippen LogP contribution >= 0.6 is 0 Å². The number of aryl methyl sites for hydroxylation is 1. The Balaban J connectivity index is 2.37. The number of carbonyl (C=O) groups is 3. The Bertz CT molecular complexity index is 638. The molecule has 2 atom stereocenters. The van der Waals surface area contributed by atoms with Crippen LogP contribution < -0.4 is 5.32 Å². The predicted octanol–water partition coefficient (Wildman–Crippen LogP) is 3.56. The van der Waals surface area contributed by atoms with Gasteiger partial charge in [-0.15, -0.1) is 0 Å². The van der Waals surface area contributed by atoms with Crippen molar-refractivity contribution in [1.29, 1.82) is 0 Å². The fourth-order valence-electron chi connectivity index (χ4n) is 2.52. The Hall–Kier alpha value is -2.57. The number of esters is 1. The molecule has 2 unspecified atom stereocenters. The number of hydrogen-bond acceptors (Lipinski definition) is 5. The molecule has 1 aromatic carbocycles. The molecule has 0 heterocycles. The summed E-state index contributed by atoms with van der Waals surface area (Å²) in [5.74, 6) is -1.93. The first kappa shape index (κ1) is 23.5. The standard InChI is InChI=1S/C21H31NO6/c1-15(14-22-20(26)28-21(2,3)4)13-17(19(24)25)27-18(23)12-8-11-16-9-6-5-7-10-16/h5-7,9-10,15,17H,8,11-14H2,1-4H3,(H,22,26)(H,24,25). The van der Waals surface area contributed by atoms with E-state index in [1.165, 1.54) is 0 Å². The molecule has 0 bridgehead atoms. The highest BCUT2D eigenvalue weighted by molar-refractivity contribution is 5.78. The Morgan fingerprint density at radius 3 is 2.36 bits per heavy atom. The van der Waals surface area contributed by atoms with E-state index in [0.29, 0.717) is 6.42 Å². The van der Waals surface area contributed by atoms with E-state index in [9.17, 15) is 19.5 Å². The Morgan fingerprint density at radius 1 is 1.14 bits per heavy atom. The summed E-state index contributed by atoms with van der Waals surface area (Å²) in [5, 5.41) is 11.9. The van der Waals surface area contributed by atoms with Crippen LogP contribution in [0.4, 0.5) is 4.79 Å². The van der Waals surface area contributed by atoms with Crippen LogP contribution in [0.2, 0.25) is 0 Å². The number of carboxylic acid groups (broad SMARTS) is 1. The molecule has 1 aromatic rings. The third-order valence-corrected chi connectivity index (χ3v) is 3.85. The van der Waals surface area contributed by atoms with Crippen molar-refractivity contribution in [3.63, 3.8) is 0 Å². The molecule has 0 aliphatic heterocycles. The van der Waals surface area contributed by atoms with Crippen LogP contribution in [-0.2, 0) is 25.5 Å². The van der Waals surface area contributed by atoms with Crippen molar-refractivity contribution < 1.29 is 29.0 Å². The Kier molecular flexibility index (Phi) is 9.48. The molecule has 28 heavy (non-hydrogen) atoms. The van der Waals surface area contributed by atoms with E-state index in [-0.39, 0.29) is 25.3 Å². The number of rotatable bonds is 10. The van der Waals surface area contributed by atoms with Crippen LogP contribution in [0.3, 0.4) is 0 Å². The summed E-state index contributed by atoms with van der Waals surface area (Å²) >= 11 is 0. The molecule has 0 saturated heterocycles. The zero-order valence-electron chi connectivity index (χ0n) is 17.1. The van der Waals surface area contributed by atoms with Gasteiger partial charge in [-0.3, -0.25) is 4.79 Å². The van der Waals surface area contributed by atoms with Crippen molar-refractivity contribution in [2.24, 2.45) is 5.92 Å². The Labute approximate surface area is 166 Å². The normalized spacial score (nSPS) is 13.3. The number of ether oxygens (including phenoxy) is 2. The van der Waals surface area contributed by atoms with Gasteiger partial charge in [-0.05, 0) is 51.5 Å². The number of aliphatic carboxylic acids is 1. The topological polar surface area (TPSA) is 102 Å². The van der Waals surface area contributed by atoms with Gasteiger partial charge in [-0.25, -0.2) is 9.59 Å². The first-order valence-electron chi connectivity index (χ1n) is 9.50. The van der Waals surface area contributed by atoms with E-state index in [0.717, 1.165) is 12.0 Å². The molecule has 1 amide bonds. The van der Waals surface area contributed by atoms with Gasteiger partial charge < -0.3 is 19.9 Å². The number of carbonyl (C=O) groups excluding carboxylic acids is 2. The summed E-state index contributed by atoms with van der Waals surface area (Å²) in [4.78, 5) is 35.0. The molecule has 7 heteroatoms. The van der Waals surface area contributed by atoms with Gasteiger partial charge in [0.1, 0.15) is 5.60 Å². The molecule has 2 N–H and O–H groups in total. The number of benzene rings is 1. The second kappa shape index (κ2) is 11.3. The lowest BCUT2D eigenvalue weighted by molar-refractivity contribution is -0.165. The van der Waals surface area contributed by atoms with E-state index in [4.69, 9.17) is 9.47 Å². The van der Waals surface area contributed by atoms with E-state index in [1.54, 1.807) is 27.7 Å². The van der Waals surface area contributed by atoms with Crippen LogP contribution in [0, 0.1) is 5.92 Å². The van der Waals surface area contributed by atoms with Crippen LogP contribution in [0.5, 0.6) is 0 Å². The van der Waals surface area contributed by atoms with Crippen LogP contribution in [0.25, 0.3) is 0 Å². The summed E-state index contributed by atoms with van der Waals surface area (Å²) in [5.41, 5.74) is 0.513. The van der Waals surface area contributed by atoms with Crippen LogP contribution in [0.1, 0.15) is 52.5 Å². The maximum absolute atomic E-state index is 12.0. The third kappa shape index (κ3) is 10.5. The quantitative estimate of drug-likeness (QED) is 0.589. The molecule has 0 fully saturated rings. The molecule has 0 radical (unpaired) electrons. The largest absolute Gasteiger partial charge is 0.479 e. The van der Waals surface area contributed by atoms with Crippen LogP contribution in [-0.4, -0.2) is 41.4 Å². The summed E-state index contributed by atoms with van der Waals surface area (Å²) in [6, 6.07) is 9.74. The van der Waals surface area contributed by atoms with Crippen molar-refractivity contribution in [3.05, 3.63) is 35.9 Å². The number of amides is 1. The summed E-state index contributed by atoms with van der Waals surface area (Å²) < 4.78 is 10.3. The maximum atomic E-state index is 12.0. The van der Waals surface area contributed by atoms with Crippen molar-refractivity contribution in [3.8, 4) is 0 Å². The maximum Gasteiger partial charge on any atom is 0.407 e. The zero-order valence-corrected chi connectivity index (χ0v) is 17.1. The lowest BCUT2D eigenvalue weighted by Crippen LogP contribution is -2.36. The van der Waals surface area contributed by atoms with E-state index in [1.807, 2.05) is 30.3 Å². The highest BCUT2D eigenvalue weighted by atomic mass is 16.6. The molecular weight excluding hydrogens is 362 g/mol. The number of hydrogen-bond donors (Lipinski definition) is 2. The average molecular weight is 393 g/mol. The van der Waals surface area contributed by atoms with Crippen molar-refractivity contribution in [1.82, 2.24) is 5.32 Å². The lowest BCUT2D eigenvalue weighted by Gasteiger charge is -2.22. The molecule has 156 valence electrons. The fraction of sp³-hybridized carbons (Fsp3) is 0.571. The van der Waals surface area contributed by atoms with Gasteiger partial charge in [0.15, 0.2) is 6.10 Å². The molecule has 0 aliphatic rings. The summed E-state index contributed by atoms with van der Waals surface area (Å²) in [7, 11) is 0. The minimum Gasteiger partial charge on any atom is -0.479 e. The van der Waals surface area contributed by atoms with Crippen molar-refractivity contribution in [2.45, 2.75) is 65.1 Å². The summed E-state index contributed by atoms with van der Waals surface area (Å²) in [6.45, 7) is 7.27. The third-order valence-electron chi connectivity index (χ3n) is 3.85. The van der Waals surface area contributed by atoms with Gasteiger partial charge >= 0.3 is 18.0 Å². The van der Waals surface area contributed by atoms with E-state index < -0.39 is 29.7 Å². The van der Waals surface area contributed by atoms with Gasteiger partial charge in [0, 0.05) is 13.0 Å². The molecule has 0 spiro atoms. The van der Waals surface area contributed by atoms with E-state index in [2.05, 4.69) is 5.32 Å². The van der Waals surface area contributed by atoms with Crippen LogP contribution in [0.15, 0.2) is 30.3 Å². The van der Waals surface area contributed by atoms with Gasteiger partial charge in [-0.1, -0.05) is 37.3 Å². The molecular formula is C21H31NO6. The monoisotopic (exact) mass is 393 g/mol. The highest BCUT2D eigenvalue weighted by Gasteiger charge is 2.25. The van der Waals surface area contributed by atoms with Crippen molar-refractivity contribution in [2.75, 3.05) is 6.54 Å². The molecule has 0 aromatic heterocycles. The molecule has 7 nitrogen and oxygen atoms in total. The smallest absolute Gasteiger partial charge is 0.407 e. The minimum atomic E-state index is -1.24.